The molecule has 2 heterocycles. The van der Waals surface area contributed by atoms with Gasteiger partial charge in [0.2, 0.25) is 5.89 Å². The summed E-state index contributed by atoms with van der Waals surface area (Å²) in [5.41, 5.74) is 1.17. The smallest absolute Gasteiger partial charge is 0.244 e. The number of rotatable bonds is 3. The number of hydrogen-bond acceptors (Lipinski definition) is 4. The number of halogens is 1. The Morgan fingerprint density at radius 2 is 2.26 bits per heavy atom. The number of nitrogens with one attached hydrogen (secondary N) is 1. The topological polar surface area (TPSA) is 51.0 Å². The van der Waals surface area contributed by atoms with Gasteiger partial charge < -0.3 is 9.84 Å². The Labute approximate surface area is 120 Å². The maximum absolute atomic E-state index is 5.39. The van der Waals surface area contributed by atoms with E-state index in [-0.39, 0.29) is 6.04 Å². The molecular weight excluding hydrogens is 306 g/mol. The number of hydrogen-bond donors (Lipinski definition) is 1. The van der Waals surface area contributed by atoms with E-state index in [2.05, 4.69) is 44.4 Å². The summed E-state index contributed by atoms with van der Waals surface area (Å²) in [7, 11) is 0. The second-order valence-corrected chi connectivity index (χ2v) is 5.87. The molecule has 2 aromatic rings. The first kappa shape index (κ1) is 12.8. The lowest BCUT2D eigenvalue weighted by molar-refractivity contribution is 0.317. The molecule has 19 heavy (non-hydrogen) atoms. The molecule has 1 N–H and O–H groups in total. The van der Waals surface area contributed by atoms with Crippen LogP contribution in [0.15, 0.2) is 33.3 Å². The van der Waals surface area contributed by atoms with Gasteiger partial charge in [-0.05, 0) is 30.5 Å². The van der Waals surface area contributed by atoms with Gasteiger partial charge in [-0.15, -0.1) is 0 Å². The van der Waals surface area contributed by atoms with Crippen molar-refractivity contribution in [2.45, 2.75) is 25.8 Å². The summed E-state index contributed by atoms with van der Waals surface area (Å²) in [6, 6.07) is 8.31. The first-order chi connectivity index (χ1) is 9.24. The summed E-state index contributed by atoms with van der Waals surface area (Å²) in [6.45, 7) is 3.23. The highest BCUT2D eigenvalue weighted by Gasteiger charge is 2.29. The Morgan fingerprint density at radius 3 is 3.00 bits per heavy atom. The minimum atomic E-state index is 0.209. The van der Waals surface area contributed by atoms with Gasteiger partial charge in [-0.25, -0.2) is 0 Å². The van der Waals surface area contributed by atoms with Crippen molar-refractivity contribution in [1.29, 1.82) is 0 Å². The van der Waals surface area contributed by atoms with Gasteiger partial charge in [0.1, 0.15) is 0 Å². The third-order valence-corrected chi connectivity index (χ3v) is 4.36. The first-order valence-electron chi connectivity index (χ1n) is 6.53. The van der Waals surface area contributed by atoms with Crippen LogP contribution in [-0.2, 0) is 6.42 Å². The highest BCUT2D eigenvalue weighted by atomic mass is 79.9. The van der Waals surface area contributed by atoms with Crippen LogP contribution in [0.4, 0.5) is 0 Å². The molecule has 2 unspecified atom stereocenters. The Morgan fingerprint density at radius 1 is 1.42 bits per heavy atom. The molecule has 4 nitrogen and oxygen atoms in total. The van der Waals surface area contributed by atoms with Crippen molar-refractivity contribution >= 4 is 15.9 Å². The van der Waals surface area contributed by atoms with Gasteiger partial charge in [0, 0.05) is 10.9 Å². The van der Waals surface area contributed by atoms with Gasteiger partial charge in [0.05, 0.1) is 6.04 Å². The molecular formula is C14H16BrN3O. The fourth-order valence-electron chi connectivity index (χ4n) is 2.44. The largest absolute Gasteiger partial charge is 0.338 e. The van der Waals surface area contributed by atoms with Crippen molar-refractivity contribution in [3.05, 3.63) is 46.0 Å². The Kier molecular flexibility index (Phi) is 3.66. The predicted molar refractivity (Wildman–Crippen MR) is 75.8 cm³/mol. The lowest BCUT2D eigenvalue weighted by Gasteiger charge is -2.09. The van der Waals surface area contributed by atoms with Gasteiger partial charge in [-0.2, -0.15) is 4.98 Å². The molecule has 1 fully saturated rings. The van der Waals surface area contributed by atoms with Crippen LogP contribution in [0.5, 0.6) is 0 Å². The van der Waals surface area contributed by atoms with Gasteiger partial charge in [0.15, 0.2) is 5.82 Å². The highest BCUT2D eigenvalue weighted by Crippen LogP contribution is 2.28. The quantitative estimate of drug-likeness (QED) is 0.943. The van der Waals surface area contributed by atoms with E-state index in [1.807, 2.05) is 18.2 Å². The Hall–Kier alpha value is -1.20. The van der Waals surface area contributed by atoms with E-state index in [0.717, 1.165) is 23.3 Å². The maximum Gasteiger partial charge on any atom is 0.244 e. The number of nitrogens with zero attached hydrogens (tertiary/aromatic N) is 2. The molecule has 0 spiro atoms. The number of aromatic nitrogens is 2. The molecule has 0 amide bonds. The Balaban J connectivity index is 1.77. The second kappa shape index (κ2) is 5.43. The monoisotopic (exact) mass is 321 g/mol. The maximum atomic E-state index is 5.39. The third kappa shape index (κ3) is 2.72. The van der Waals surface area contributed by atoms with E-state index in [9.17, 15) is 0 Å². The third-order valence-electron chi connectivity index (χ3n) is 3.59. The molecule has 100 valence electrons. The first-order valence-corrected chi connectivity index (χ1v) is 7.32. The second-order valence-electron chi connectivity index (χ2n) is 5.01. The van der Waals surface area contributed by atoms with Crippen molar-refractivity contribution in [3.8, 4) is 0 Å². The van der Waals surface area contributed by atoms with Gasteiger partial charge in [0.25, 0.3) is 0 Å². The van der Waals surface area contributed by atoms with E-state index >= 15 is 0 Å². The van der Waals surface area contributed by atoms with Crippen molar-refractivity contribution in [3.63, 3.8) is 0 Å². The van der Waals surface area contributed by atoms with E-state index in [1.165, 1.54) is 5.56 Å². The van der Waals surface area contributed by atoms with Crippen LogP contribution < -0.4 is 5.32 Å². The van der Waals surface area contributed by atoms with Crippen LogP contribution in [0.25, 0.3) is 0 Å². The summed E-state index contributed by atoms with van der Waals surface area (Å²) in [6.07, 6.45) is 1.85. The molecule has 1 saturated heterocycles. The molecule has 1 aliphatic heterocycles. The van der Waals surface area contributed by atoms with Crippen LogP contribution in [0, 0.1) is 5.92 Å². The van der Waals surface area contributed by atoms with Crippen molar-refractivity contribution in [1.82, 2.24) is 15.5 Å². The fourth-order valence-corrected chi connectivity index (χ4v) is 2.87. The molecule has 5 heteroatoms. The van der Waals surface area contributed by atoms with Crippen molar-refractivity contribution in [2.24, 2.45) is 5.92 Å². The van der Waals surface area contributed by atoms with E-state index < -0.39 is 0 Å². The Bertz CT molecular complexity index is 569. The highest BCUT2D eigenvalue weighted by molar-refractivity contribution is 9.10. The van der Waals surface area contributed by atoms with Crippen LogP contribution in [0.1, 0.15) is 36.7 Å². The summed E-state index contributed by atoms with van der Waals surface area (Å²) in [4.78, 5) is 4.52. The fraction of sp³-hybridized carbons (Fsp3) is 0.429. The summed E-state index contributed by atoms with van der Waals surface area (Å²) in [5, 5.41) is 7.49. The standard InChI is InChI=1S/C14H16BrN3O/c1-9-6-7-16-13(9)14-17-12(18-19-14)8-10-4-2-3-5-11(10)15/h2-5,9,13,16H,6-8H2,1H3. The lowest BCUT2D eigenvalue weighted by Crippen LogP contribution is -2.16. The zero-order valence-electron chi connectivity index (χ0n) is 10.8. The van der Waals surface area contributed by atoms with Crippen molar-refractivity contribution < 1.29 is 4.52 Å². The summed E-state index contributed by atoms with van der Waals surface area (Å²) < 4.78 is 6.47. The minimum Gasteiger partial charge on any atom is -0.338 e. The zero-order chi connectivity index (χ0) is 13.2. The molecule has 1 aromatic carbocycles. The van der Waals surface area contributed by atoms with E-state index in [0.29, 0.717) is 18.2 Å². The molecule has 0 bridgehead atoms. The van der Waals surface area contributed by atoms with Gasteiger partial charge in [-0.1, -0.05) is 46.2 Å². The van der Waals surface area contributed by atoms with Crippen LogP contribution >= 0.6 is 15.9 Å². The predicted octanol–water partition coefficient (Wildman–Crippen LogP) is 3.09. The molecule has 0 radical (unpaired) electrons. The van der Waals surface area contributed by atoms with Gasteiger partial charge >= 0.3 is 0 Å². The van der Waals surface area contributed by atoms with Crippen LogP contribution in [0.2, 0.25) is 0 Å². The SMILES string of the molecule is CC1CCNC1c1nc(Cc2ccccc2Br)no1. The lowest BCUT2D eigenvalue weighted by atomic mass is 10.0. The van der Waals surface area contributed by atoms with Crippen LogP contribution in [0.3, 0.4) is 0 Å². The molecule has 2 atom stereocenters. The summed E-state index contributed by atoms with van der Waals surface area (Å²) >= 11 is 3.54. The van der Waals surface area contributed by atoms with E-state index in [1.54, 1.807) is 0 Å². The average molecular weight is 322 g/mol. The van der Waals surface area contributed by atoms with E-state index in [4.69, 9.17) is 4.52 Å². The zero-order valence-corrected chi connectivity index (χ0v) is 12.4. The average Bonchev–Trinajstić information content (AvgIpc) is 3.01. The normalized spacial score (nSPS) is 22.8. The molecule has 1 aromatic heterocycles. The molecule has 0 saturated carbocycles. The summed E-state index contributed by atoms with van der Waals surface area (Å²) in [5.74, 6) is 2.01. The number of benzene rings is 1. The van der Waals surface area contributed by atoms with Gasteiger partial charge in [-0.3, -0.25) is 0 Å². The van der Waals surface area contributed by atoms with Crippen LogP contribution in [-0.4, -0.2) is 16.7 Å². The molecule has 3 rings (SSSR count). The minimum absolute atomic E-state index is 0.209. The molecule has 1 aliphatic rings. The van der Waals surface area contributed by atoms with Crippen molar-refractivity contribution in [2.75, 3.05) is 6.54 Å². The molecule has 0 aliphatic carbocycles.